The Morgan fingerprint density at radius 1 is 0.531 bits per heavy atom. The van der Waals surface area contributed by atoms with Gasteiger partial charge in [0.15, 0.2) is 0 Å². The van der Waals surface area contributed by atoms with Crippen molar-refractivity contribution in [3.8, 4) is 33.4 Å². The first-order valence-electron chi connectivity index (χ1n) is 17.2. The minimum Gasteiger partial charge on any atom is -0.272 e. The Kier molecular flexibility index (Phi) is 8.61. The molecule has 7 rings (SSSR count). The van der Waals surface area contributed by atoms with Gasteiger partial charge in [-0.1, -0.05) is 166 Å². The van der Waals surface area contributed by atoms with Gasteiger partial charge in [0.2, 0.25) is 0 Å². The van der Waals surface area contributed by atoms with Gasteiger partial charge < -0.3 is 0 Å². The van der Waals surface area contributed by atoms with E-state index in [-0.39, 0.29) is 11.5 Å². The van der Waals surface area contributed by atoms with Crippen molar-refractivity contribution < 1.29 is 0 Å². The molecule has 49 heavy (non-hydrogen) atoms. The summed E-state index contributed by atoms with van der Waals surface area (Å²) in [4.78, 5) is 5.47. The van der Waals surface area contributed by atoms with Crippen LogP contribution in [0.4, 0.5) is 0 Å². The van der Waals surface area contributed by atoms with Gasteiger partial charge in [-0.25, -0.2) is 0 Å². The summed E-state index contributed by atoms with van der Waals surface area (Å²) in [5, 5.41) is 0. The quantitative estimate of drug-likeness (QED) is 0.117. The van der Waals surface area contributed by atoms with Crippen LogP contribution in [0.2, 0.25) is 0 Å². The fraction of sp³-hybridized carbons (Fsp3) is 0.146. The highest BCUT2D eigenvalue weighted by molar-refractivity contribution is 6.16. The molecule has 1 unspecified atom stereocenters. The van der Waals surface area contributed by atoms with Crippen LogP contribution >= 0.6 is 0 Å². The number of hydrogen-bond acceptors (Lipinski definition) is 1. The van der Waals surface area contributed by atoms with Crippen molar-refractivity contribution in [1.29, 1.82) is 0 Å². The van der Waals surface area contributed by atoms with Crippen LogP contribution in [0.5, 0.6) is 0 Å². The highest BCUT2D eigenvalue weighted by Crippen LogP contribution is 2.49. The zero-order valence-electron chi connectivity index (χ0n) is 29.2. The monoisotopic (exact) mass is 633 g/mol. The van der Waals surface area contributed by atoms with Gasteiger partial charge in [0.05, 0.1) is 11.8 Å². The maximum atomic E-state index is 5.47. The Balaban J connectivity index is 1.22. The molecule has 0 spiro atoms. The lowest BCUT2D eigenvalue weighted by Crippen LogP contribution is -2.14. The van der Waals surface area contributed by atoms with Gasteiger partial charge in [0, 0.05) is 5.41 Å². The first kappa shape index (κ1) is 32.0. The molecule has 0 heterocycles. The first-order chi connectivity index (χ1) is 23.7. The van der Waals surface area contributed by atoms with Crippen LogP contribution in [-0.2, 0) is 5.41 Å². The lowest BCUT2D eigenvalue weighted by atomic mass is 9.82. The highest BCUT2D eigenvalue weighted by atomic mass is 14.8. The van der Waals surface area contributed by atoms with Crippen LogP contribution < -0.4 is 0 Å². The van der Waals surface area contributed by atoms with E-state index in [1.807, 2.05) is 0 Å². The van der Waals surface area contributed by atoms with Crippen LogP contribution in [0.3, 0.4) is 0 Å². The third-order valence-electron chi connectivity index (χ3n) is 10.2. The minimum atomic E-state index is -0.188. The molecule has 0 N–H and O–H groups in total. The third-order valence-corrected chi connectivity index (χ3v) is 10.2. The summed E-state index contributed by atoms with van der Waals surface area (Å²) in [6.07, 6.45) is 0. The largest absolute Gasteiger partial charge is 0.272 e. The number of nitrogens with zero attached hydrogens (tertiary/aromatic N) is 1. The molecule has 0 aliphatic heterocycles. The van der Waals surface area contributed by atoms with E-state index in [0.29, 0.717) is 0 Å². The number of hydrogen-bond donors (Lipinski definition) is 0. The molecule has 0 radical (unpaired) electrons. The van der Waals surface area contributed by atoms with Crippen molar-refractivity contribution in [2.45, 2.75) is 46.1 Å². The summed E-state index contributed by atoms with van der Waals surface area (Å²) < 4.78 is 0. The van der Waals surface area contributed by atoms with Crippen molar-refractivity contribution >= 4 is 11.3 Å². The van der Waals surface area contributed by atoms with Crippen molar-refractivity contribution in [2.75, 3.05) is 0 Å². The predicted molar refractivity (Wildman–Crippen MR) is 210 cm³/mol. The van der Waals surface area contributed by atoms with Crippen LogP contribution in [0.25, 0.3) is 39.0 Å². The van der Waals surface area contributed by atoms with Crippen LogP contribution in [0.1, 0.15) is 68.5 Å². The Hall–Kier alpha value is -5.53. The summed E-state index contributed by atoms with van der Waals surface area (Å²) in [7, 11) is 0. The second-order valence-corrected chi connectivity index (χ2v) is 13.8. The molecular formula is C48H43N. The molecule has 0 saturated carbocycles. The van der Waals surface area contributed by atoms with Crippen molar-refractivity contribution in [2.24, 2.45) is 4.99 Å². The van der Waals surface area contributed by atoms with E-state index in [9.17, 15) is 0 Å². The molecule has 0 aromatic heterocycles. The van der Waals surface area contributed by atoms with Gasteiger partial charge in [-0.2, -0.15) is 0 Å². The maximum Gasteiger partial charge on any atom is 0.0961 e. The summed E-state index contributed by atoms with van der Waals surface area (Å²) in [5.41, 5.74) is 18.1. The molecule has 0 bridgehead atoms. The SMILES string of the molecule is C=C(C)C(N=C(/C(C)=C(\C)c1ccccc1)c1ccccc1)c1cccc(-c2ccc(-c3ccc4c(c3)-c3ccccc3C4(C)C)cc2)c1. The lowest BCUT2D eigenvalue weighted by molar-refractivity contribution is 0.660. The number of rotatable bonds is 8. The molecule has 0 fully saturated rings. The zero-order chi connectivity index (χ0) is 34.1. The normalized spacial score (nSPS) is 14.4. The standard InChI is InChI=1S/C48H43N/c1-32(2)46(49-47(38-18-11-8-12-19-38)34(4)33(3)35-16-9-7-10-17-35)41-21-15-20-39(30-41)36-24-26-37(27-25-36)40-28-29-45-43(31-40)42-22-13-14-23-44(42)48(45,5)6/h7-31,46H,1H2,2-6H3/b34-33+,49-47?. The van der Waals surface area contributed by atoms with E-state index in [1.54, 1.807) is 0 Å². The van der Waals surface area contributed by atoms with Crippen molar-refractivity contribution in [3.63, 3.8) is 0 Å². The molecule has 1 heteroatoms. The van der Waals surface area contributed by atoms with Crippen LogP contribution in [0, 0.1) is 0 Å². The molecule has 6 aromatic rings. The van der Waals surface area contributed by atoms with Gasteiger partial charge in [-0.05, 0) is 105 Å². The lowest BCUT2D eigenvalue weighted by Gasteiger charge is -2.21. The fourth-order valence-electron chi connectivity index (χ4n) is 7.31. The number of fused-ring (bicyclic) bond motifs is 3. The zero-order valence-corrected chi connectivity index (χ0v) is 29.2. The molecular weight excluding hydrogens is 591 g/mol. The summed E-state index contributed by atoms with van der Waals surface area (Å²) in [6.45, 7) is 15.5. The van der Waals surface area contributed by atoms with Crippen LogP contribution in [-0.4, -0.2) is 5.71 Å². The third kappa shape index (κ3) is 6.14. The van der Waals surface area contributed by atoms with Gasteiger partial charge >= 0.3 is 0 Å². The Morgan fingerprint density at radius 3 is 1.73 bits per heavy atom. The van der Waals surface area contributed by atoms with E-state index in [1.165, 1.54) is 55.6 Å². The molecule has 1 atom stereocenters. The average Bonchev–Trinajstić information content (AvgIpc) is 3.37. The van der Waals surface area contributed by atoms with E-state index >= 15 is 0 Å². The number of allylic oxidation sites excluding steroid dienone is 2. The van der Waals surface area contributed by atoms with Gasteiger partial charge in [-0.3, -0.25) is 4.99 Å². The van der Waals surface area contributed by atoms with Gasteiger partial charge in [-0.15, -0.1) is 0 Å². The fourth-order valence-corrected chi connectivity index (χ4v) is 7.31. The summed E-state index contributed by atoms with van der Waals surface area (Å²) >= 11 is 0. The second-order valence-electron chi connectivity index (χ2n) is 13.8. The van der Waals surface area contributed by atoms with Crippen molar-refractivity contribution in [1.82, 2.24) is 0 Å². The number of aliphatic imine (C=N–C) groups is 1. The maximum absolute atomic E-state index is 5.47. The Labute approximate surface area is 292 Å². The Bertz CT molecular complexity index is 2210. The average molecular weight is 634 g/mol. The van der Waals surface area contributed by atoms with E-state index in [0.717, 1.165) is 28.0 Å². The van der Waals surface area contributed by atoms with E-state index in [4.69, 9.17) is 4.99 Å². The molecule has 1 aliphatic rings. The second kappa shape index (κ2) is 13.2. The molecule has 240 valence electrons. The summed E-state index contributed by atoms with van der Waals surface area (Å²) in [5.74, 6) is 0. The van der Waals surface area contributed by atoms with Gasteiger partial charge in [0.25, 0.3) is 0 Å². The highest BCUT2D eigenvalue weighted by Gasteiger charge is 2.35. The number of benzene rings is 6. The first-order valence-corrected chi connectivity index (χ1v) is 17.2. The molecule has 1 nitrogen and oxygen atoms in total. The van der Waals surface area contributed by atoms with E-state index < -0.39 is 0 Å². The minimum absolute atomic E-state index is 0.0165. The van der Waals surface area contributed by atoms with Crippen LogP contribution in [0.15, 0.2) is 174 Å². The molecule has 1 aliphatic carbocycles. The topological polar surface area (TPSA) is 12.4 Å². The Morgan fingerprint density at radius 2 is 1.08 bits per heavy atom. The summed E-state index contributed by atoms with van der Waals surface area (Å²) in [6, 6.07) is 54.4. The molecule has 6 aromatic carbocycles. The molecule has 0 amide bonds. The van der Waals surface area contributed by atoms with Gasteiger partial charge in [0.1, 0.15) is 0 Å². The van der Waals surface area contributed by atoms with Crippen molar-refractivity contribution in [3.05, 3.63) is 197 Å². The van der Waals surface area contributed by atoms with E-state index in [2.05, 4.69) is 193 Å². The molecule has 0 saturated heterocycles. The smallest absolute Gasteiger partial charge is 0.0961 e. The predicted octanol–water partition coefficient (Wildman–Crippen LogP) is 12.9.